The van der Waals surface area contributed by atoms with E-state index in [0.29, 0.717) is 0 Å². The van der Waals surface area contributed by atoms with E-state index in [1.165, 1.54) is 128 Å². The quantitative estimate of drug-likeness (QED) is 0.0809. The lowest BCUT2D eigenvalue weighted by Gasteiger charge is -2.18. The van der Waals surface area contributed by atoms with Crippen molar-refractivity contribution in [3.05, 3.63) is 0 Å². The van der Waals surface area contributed by atoms with Gasteiger partial charge in [-0.3, -0.25) is 0 Å². The number of hydrogen-bond acceptors (Lipinski definition) is 3. The fourth-order valence-electron chi connectivity index (χ4n) is 4.08. The van der Waals surface area contributed by atoms with E-state index in [2.05, 4.69) is 27.7 Å². The van der Waals surface area contributed by atoms with Gasteiger partial charge >= 0.3 is 8.60 Å². The largest absolute Gasteiger partial charge is 0.332 e. The van der Waals surface area contributed by atoms with Gasteiger partial charge in [0.1, 0.15) is 0 Å². The van der Waals surface area contributed by atoms with E-state index >= 15 is 0 Å². The van der Waals surface area contributed by atoms with Gasteiger partial charge in [0.15, 0.2) is 0 Å². The van der Waals surface area contributed by atoms with Gasteiger partial charge in [-0.15, -0.1) is 0 Å². The maximum Gasteiger partial charge on any atom is 0.332 e. The maximum atomic E-state index is 5.96. The van der Waals surface area contributed by atoms with E-state index in [1.807, 2.05) is 0 Å². The molecule has 0 unspecified atom stereocenters. The predicted octanol–water partition coefficient (Wildman–Crippen LogP) is 11.3. The average molecular weight is 489 g/mol. The van der Waals surface area contributed by atoms with Gasteiger partial charge in [0.25, 0.3) is 0 Å². The zero-order chi connectivity index (χ0) is 24.2. The fourth-order valence-corrected chi connectivity index (χ4v) is 5.18. The van der Waals surface area contributed by atoms with Crippen molar-refractivity contribution in [3.8, 4) is 0 Å². The summed E-state index contributed by atoms with van der Waals surface area (Å²) in [6, 6.07) is 0. The van der Waals surface area contributed by atoms with Gasteiger partial charge in [-0.05, 0) is 26.7 Å². The van der Waals surface area contributed by atoms with Gasteiger partial charge < -0.3 is 13.6 Å². The number of rotatable bonds is 28. The van der Waals surface area contributed by atoms with Crippen LogP contribution in [0, 0.1) is 0 Å². The van der Waals surface area contributed by atoms with E-state index in [4.69, 9.17) is 13.6 Å². The summed E-state index contributed by atoms with van der Waals surface area (Å²) in [4.78, 5) is 0. The van der Waals surface area contributed by atoms with Gasteiger partial charge in [-0.2, -0.15) is 0 Å². The lowest BCUT2D eigenvalue weighted by Crippen LogP contribution is -2.04. The molecule has 0 aromatic heterocycles. The molecular weight excluding hydrogens is 427 g/mol. The standard InChI is InChI=1S/C29H61O3P/c1-5-7-9-11-13-15-17-19-21-23-25-27-30-33(32-29(3)4)31-28-26-24-22-20-18-16-14-12-10-8-6-2/h29H,5-28H2,1-4H3. The molecule has 0 spiro atoms. The van der Waals surface area contributed by atoms with Crippen molar-refractivity contribution in [2.75, 3.05) is 13.2 Å². The van der Waals surface area contributed by atoms with Crippen molar-refractivity contribution in [2.24, 2.45) is 0 Å². The van der Waals surface area contributed by atoms with Crippen LogP contribution in [0.25, 0.3) is 0 Å². The zero-order valence-corrected chi connectivity index (χ0v) is 24.1. The summed E-state index contributed by atoms with van der Waals surface area (Å²) in [6.07, 6.45) is 30.1. The summed E-state index contributed by atoms with van der Waals surface area (Å²) < 4.78 is 17.8. The Labute approximate surface area is 210 Å². The maximum absolute atomic E-state index is 5.96. The minimum Gasteiger partial charge on any atom is -0.312 e. The summed E-state index contributed by atoms with van der Waals surface area (Å²) in [5.41, 5.74) is 0. The third kappa shape index (κ3) is 28.4. The molecule has 0 aliphatic rings. The van der Waals surface area contributed by atoms with Crippen molar-refractivity contribution < 1.29 is 13.6 Å². The van der Waals surface area contributed by atoms with Gasteiger partial charge in [-0.1, -0.05) is 142 Å². The molecule has 0 aromatic rings. The van der Waals surface area contributed by atoms with E-state index in [9.17, 15) is 0 Å². The van der Waals surface area contributed by atoms with Crippen LogP contribution in [0.1, 0.15) is 169 Å². The minimum absolute atomic E-state index is 0.158. The first-order valence-electron chi connectivity index (χ1n) is 14.9. The molecule has 0 aliphatic heterocycles. The Morgan fingerprint density at radius 1 is 0.424 bits per heavy atom. The Morgan fingerprint density at radius 2 is 0.697 bits per heavy atom. The van der Waals surface area contributed by atoms with Crippen LogP contribution in [-0.2, 0) is 13.6 Å². The van der Waals surface area contributed by atoms with Crippen LogP contribution < -0.4 is 0 Å². The second kappa shape index (κ2) is 28.5. The molecule has 0 aliphatic carbocycles. The van der Waals surface area contributed by atoms with Crippen LogP contribution in [0.3, 0.4) is 0 Å². The third-order valence-electron chi connectivity index (χ3n) is 6.19. The summed E-state index contributed by atoms with van der Waals surface area (Å²) in [6.45, 7) is 10.2. The lowest BCUT2D eigenvalue weighted by molar-refractivity contribution is 0.130. The van der Waals surface area contributed by atoms with Crippen LogP contribution in [0.2, 0.25) is 0 Å². The number of hydrogen-bond donors (Lipinski definition) is 0. The van der Waals surface area contributed by atoms with Gasteiger partial charge in [0, 0.05) is 0 Å². The SMILES string of the molecule is CCCCCCCCCCCCCOP(OCCCCCCCCCCCCC)OC(C)C. The first-order valence-corrected chi connectivity index (χ1v) is 16.0. The molecule has 0 aromatic carbocycles. The lowest BCUT2D eigenvalue weighted by atomic mass is 10.1. The van der Waals surface area contributed by atoms with Gasteiger partial charge in [0.2, 0.25) is 0 Å². The Balaban J connectivity index is 3.51. The van der Waals surface area contributed by atoms with Crippen molar-refractivity contribution in [2.45, 2.75) is 175 Å². The van der Waals surface area contributed by atoms with Gasteiger partial charge in [0.05, 0.1) is 19.3 Å². The van der Waals surface area contributed by atoms with Crippen molar-refractivity contribution >= 4 is 8.60 Å². The van der Waals surface area contributed by atoms with E-state index in [0.717, 1.165) is 26.1 Å². The number of unbranched alkanes of at least 4 members (excludes halogenated alkanes) is 20. The first kappa shape index (κ1) is 33.3. The topological polar surface area (TPSA) is 27.7 Å². The molecule has 0 fully saturated rings. The van der Waals surface area contributed by atoms with Crippen molar-refractivity contribution in [3.63, 3.8) is 0 Å². The van der Waals surface area contributed by atoms with Crippen LogP contribution in [-0.4, -0.2) is 19.3 Å². The van der Waals surface area contributed by atoms with Crippen molar-refractivity contribution in [1.82, 2.24) is 0 Å². The van der Waals surface area contributed by atoms with Crippen LogP contribution in [0.4, 0.5) is 0 Å². The monoisotopic (exact) mass is 488 g/mol. The molecule has 4 heteroatoms. The molecule has 0 heterocycles. The highest BCUT2D eigenvalue weighted by Crippen LogP contribution is 2.41. The molecule has 0 saturated heterocycles. The highest BCUT2D eigenvalue weighted by atomic mass is 31.2. The first-order chi connectivity index (χ1) is 16.2. The van der Waals surface area contributed by atoms with E-state index in [-0.39, 0.29) is 6.10 Å². The van der Waals surface area contributed by atoms with Crippen LogP contribution in [0.5, 0.6) is 0 Å². The zero-order valence-electron chi connectivity index (χ0n) is 23.2. The summed E-state index contributed by atoms with van der Waals surface area (Å²) in [5.74, 6) is 0. The Kier molecular flexibility index (Phi) is 28.8. The van der Waals surface area contributed by atoms with E-state index < -0.39 is 8.60 Å². The second-order valence-electron chi connectivity index (χ2n) is 10.1. The van der Waals surface area contributed by atoms with Crippen molar-refractivity contribution in [1.29, 1.82) is 0 Å². The summed E-state index contributed by atoms with van der Waals surface area (Å²) in [7, 11) is -1.18. The molecule has 33 heavy (non-hydrogen) atoms. The molecule has 3 nitrogen and oxygen atoms in total. The van der Waals surface area contributed by atoms with Gasteiger partial charge in [-0.25, -0.2) is 0 Å². The fraction of sp³-hybridized carbons (Fsp3) is 1.00. The average Bonchev–Trinajstić information content (AvgIpc) is 2.80. The van der Waals surface area contributed by atoms with E-state index in [1.54, 1.807) is 0 Å². The molecule has 0 atom stereocenters. The summed E-state index contributed by atoms with van der Waals surface area (Å²) >= 11 is 0. The molecule has 0 saturated carbocycles. The minimum atomic E-state index is -1.18. The second-order valence-corrected chi connectivity index (χ2v) is 11.3. The highest BCUT2D eigenvalue weighted by molar-refractivity contribution is 7.41. The summed E-state index contributed by atoms with van der Waals surface area (Å²) in [5, 5.41) is 0. The molecule has 0 radical (unpaired) electrons. The highest BCUT2D eigenvalue weighted by Gasteiger charge is 2.14. The molecule has 0 rings (SSSR count). The molecule has 0 amide bonds. The Hall–Kier alpha value is 0.310. The smallest absolute Gasteiger partial charge is 0.312 e. The molecular formula is C29H61O3P. The van der Waals surface area contributed by atoms with Crippen LogP contribution >= 0.6 is 8.60 Å². The predicted molar refractivity (Wildman–Crippen MR) is 148 cm³/mol. The molecule has 0 N–H and O–H groups in total. The Morgan fingerprint density at radius 3 is 0.970 bits per heavy atom. The molecule has 0 bridgehead atoms. The Bertz CT molecular complexity index is 324. The molecule has 200 valence electrons. The third-order valence-corrected chi connectivity index (χ3v) is 7.57. The normalized spacial score (nSPS) is 11.8. The van der Waals surface area contributed by atoms with Crippen LogP contribution in [0.15, 0.2) is 0 Å².